The highest BCUT2D eigenvalue weighted by atomic mass is 32.2. The highest BCUT2D eigenvalue weighted by molar-refractivity contribution is 7.89. The third-order valence-corrected chi connectivity index (χ3v) is 5.36. The van der Waals surface area contributed by atoms with E-state index < -0.39 is 10.0 Å². The maximum atomic E-state index is 11.3. The molecular weight excluding hydrogens is 352 g/mol. The fourth-order valence-electron chi connectivity index (χ4n) is 2.73. The predicted molar refractivity (Wildman–Crippen MR) is 105 cm³/mol. The zero-order chi connectivity index (χ0) is 18.0. The second-order valence-electron chi connectivity index (χ2n) is 5.84. The first-order chi connectivity index (χ1) is 11.9. The maximum absolute atomic E-state index is 11.3. The van der Waals surface area contributed by atoms with E-state index in [1.807, 2.05) is 37.3 Å². The van der Waals surface area contributed by atoms with E-state index in [1.165, 1.54) is 12.1 Å². The Labute approximate surface area is 152 Å². The van der Waals surface area contributed by atoms with Gasteiger partial charge in [-0.05, 0) is 35.4 Å². The molecule has 0 amide bonds. The highest BCUT2D eigenvalue weighted by Crippen LogP contribution is 2.21. The number of sulfonamides is 1. The molecule has 0 aromatic heterocycles. The fraction of sp³-hybridized carbons (Fsp3) is 0.105. The second-order valence-corrected chi connectivity index (χ2v) is 7.81. The number of hydrogen-bond acceptors (Lipinski definition) is 3. The van der Waals surface area contributed by atoms with Crippen molar-refractivity contribution in [1.82, 2.24) is 5.32 Å². The molecule has 0 heterocycles. The molecule has 3 N–H and O–H groups in total. The van der Waals surface area contributed by atoms with E-state index >= 15 is 0 Å². The van der Waals surface area contributed by atoms with Gasteiger partial charge in [0.15, 0.2) is 0 Å². The van der Waals surface area contributed by atoms with Crippen molar-refractivity contribution in [3.8, 4) is 0 Å². The van der Waals surface area contributed by atoms with Gasteiger partial charge >= 0.3 is 0 Å². The number of thiocarbonyl (C=S) groups is 1. The van der Waals surface area contributed by atoms with Crippen molar-refractivity contribution in [3.63, 3.8) is 0 Å². The quantitative estimate of drug-likeness (QED) is 0.690. The van der Waals surface area contributed by atoms with Crippen LogP contribution in [0, 0.1) is 0 Å². The number of hydrogen-bond donors (Lipinski definition) is 2. The molecule has 25 heavy (non-hydrogen) atoms. The molecule has 1 atom stereocenters. The summed E-state index contributed by atoms with van der Waals surface area (Å²) >= 11 is 5.58. The summed E-state index contributed by atoms with van der Waals surface area (Å²) in [6.45, 7) is 1.98. The fourth-order valence-corrected chi connectivity index (χ4v) is 3.60. The molecule has 0 aliphatic heterocycles. The summed E-state index contributed by atoms with van der Waals surface area (Å²) in [7, 11) is -3.68. The molecule has 0 aliphatic carbocycles. The Bertz CT molecular complexity index is 1020. The number of benzene rings is 3. The Morgan fingerprint density at radius 2 is 1.64 bits per heavy atom. The van der Waals surface area contributed by atoms with Crippen LogP contribution in [0.5, 0.6) is 0 Å². The van der Waals surface area contributed by atoms with E-state index in [0.717, 1.165) is 21.9 Å². The zero-order valence-electron chi connectivity index (χ0n) is 13.6. The molecule has 0 radical (unpaired) electrons. The normalized spacial score (nSPS) is 12.7. The number of nitrogens with one attached hydrogen (secondary N) is 1. The topological polar surface area (TPSA) is 72.2 Å². The largest absolute Gasteiger partial charge is 0.369 e. The molecule has 0 aliphatic rings. The molecule has 0 bridgehead atoms. The van der Waals surface area contributed by atoms with Crippen LogP contribution in [0.2, 0.25) is 0 Å². The lowest BCUT2D eigenvalue weighted by atomic mass is 10.0. The van der Waals surface area contributed by atoms with E-state index in [4.69, 9.17) is 17.4 Å². The predicted octanol–water partition coefficient (Wildman–Crippen LogP) is 3.51. The lowest BCUT2D eigenvalue weighted by Crippen LogP contribution is -2.26. The van der Waals surface area contributed by atoms with Crippen molar-refractivity contribution in [2.75, 3.05) is 0 Å². The average Bonchev–Trinajstić information content (AvgIpc) is 2.60. The first-order valence-corrected chi connectivity index (χ1v) is 9.73. The molecule has 0 spiro atoms. The summed E-state index contributed by atoms with van der Waals surface area (Å²) in [6, 6.07) is 20.5. The van der Waals surface area contributed by atoms with Gasteiger partial charge in [0, 0.05) is 11.6 Å². The third kappa shape index (κ3) is 3.87. The molecule has 0 fully saturated rings. The van der Waals surface area contributed by atoms with Crippen molar-refractivity contribution in [3.05, 3.63) is 77.9 Å². The minimum Gasteiger partial charge on any atom is -0.369 e. The standard InChI is InChI=1S/C19H18N2O2S2/c1-13(14-9-11-16(12-10-14)25(20,22)23)21-19(24)18-8-4-6-15-5-2-3-7-17(15)18/h2-13H,1H3,(H,21,24)(H2,20,22,23). The van der Waals surface area contributed by atoms with Gasteiger partial charge in [0.05, 0.1) is 4.90 Å². The van der Waals surface area contributed by atoms with Crippen LogP contribution in [0.25, 0.3) is 10.8 Å². The number of rotatable bonds is 4. The third-order valence-electron chi connectivity index (χ3n) is 4.09. The summed E-state index contributed by atoms with van der Waals surface area (Å²) < 4.78 is 22.7. The lowest BCUT2D eigenvalue weighted by Gasteiger charge is -2.18. The molecule has 3 aromatic rings. The molecule has 3 aromatic carbocycles. The van der Waals surface area contributed by atoms with Gasteiger partial charge in [-0.15, -0.1) is 0 Å². The van der Waals surface area contributed by atoms with Crippen molar-refractivity contribution in [2.45, 2.75) is 17.9 Å². The van der Waals surface area contributed by atoms with Crippen LogP contribution in [-0.2, 0) is 10.0 Å². The number of primary sulfonamides is 1. The van der Waals surface area contributed by atoms with Crippen molar-refractivity contribution in [1.29, 1.82) is 0 Å². The Kier molecular flexibility index (Phi) is 4.85. The highest BCUT2D eigenvalue weighted by Gasteiger charge is 2.12. The van der Waals surface area contributed by atoms with E-state index in [-0.39, 0.29) is 10.9 Å². The van der Waals surface area contributed by atoms with Gasteiger partial charge in [0.2, 0.25) is 10.0 Å². The maximum Gasteiger partial charge on any atom is 0.238 e. The lowest BCUT2D eigenvalue weighted by molar-refractivity contribution is 0.597. The summed E-state index contributed by atoms with van der Waals surface area (Å²) in [5.74, 6) is 0. The van der Waals surface area contributed by atoms with Gasteiger partial charge in [-0.1, -0.05) is 66.8 Å². The van der Waals surface area contributed by atoms with Crippen molar-refractivity contribution < 1.29 is 8.42 Å². The van der Waals surface area contributed by atoms with Gasteiger partial charge < -0.3 is 5.32 Å². The minimum absolute atomic E-state index is 0.0685. The first kappa shape index (κ1) is 17.5. The van der Waals surface area contributed by atoms with Crippen LogP contribution >= 0.6 is 12.2 Å². The van der Waals surface area contributed by atoms with E-state index in [9.17, 15) is 8.42 Å². The molecule has 1 unspecified atom stereocenters. The molecule has 0 saturated heterocycles. The molecule has 0 saturated carbocycles. The molecule has 128 valence electrons. The van der Waals surface area contributed by atoms with Crippen LogP contribution in [0.15, 0.2) is 71.6 Å². The van der Waals surface area contributed by atoms with E-state index in [1.54, 1.807) is 12.1 Å². The van der Waals surface area contributed by atoms with Gasteiger partial charge in [0.1, 0.15) is 4.99 Å². The molecular formula is C19H18N2O2S2. The number of nitrogens with two attached hydrogens (primary N) is 1. The Balaban J connectivity index is 1.82. The Hall–Kier alpha value is -2.28. The second kappa shape index (κ2) is 6.92. The number of fused-ring (bicyclic) bond motifs is 1. The SMILES string of the molecule is CC(NC(=S)c1cccc2ccccc12)c1ccc(S(N)(=O)=O)cc1. The molecule has 6 heteroatoms. The van der Waals surface area contributed by atoms with Gasteiger partial charge in [-0.3, -0.25) is 0 Å². The van der Waals surface area contributed by atoms with Gasteiger partial charge in [-0.2, -0.15) is 0 Å². The smallest absolute Gasteiger partial charge is 0.238 e. The molecule has 4 nitrogen and oxygen atoms in total. The van der Waals surface area contributed by atoms with E-state index in [2.05, 4.69) is 17.4 Å². The molecule has 3 rings (SSSR count). The van der Waals surface area contributed by atoms with Crippen molar-refractivity contribution >= 4 is 38.0 Å². The van der Waals surface area contributed by atoms with Crippen LogP contribution in [0.3, 0.4) is 0 Å². The van der Waals surface area contributed by atoms with E-state index in [0.29, 0.717) is 4.99 Å². The average molecular weight is 370 g/mol. The van der Waals surface area contributed by atoms with Crippen LogP contribution in [-0.4, -0.2) is 13.4 Å². The summed E-state index contributed by atoms with van der Waals surface area (Å²) in [6.07, 6.45) is 0. The Morgan fingerprint density at radius 1 is 1.00 bits per heavy atom. The zero-order valence-corrected chi connectivity index (χ0v) is 15.3. The van der Waals surface area contributed by atoms with Gasteiger partial charge in [0.25, 0.3) is 0 Å². The summed E-state index contributed by atoms with van der Waals surface area (Å²) in [5.41, 5.74) is 1.90. The van der Waals surface area contributed by atoms with Crippen molar-refractivity contribution in [2.24, 2.45) is 5.14 Å². The summed E-state index contributed by atoms with van der Waals surface area (Å²) in [4.78, 5) is 0.750. The summed E-state index contributed by atoms with van der Waals surface area (Å²) in [5, 5.41) is 10.7. The van der Waals surface area contributed by atoms with Crippen LogP contribution in [0.4, 0.5) is 0 Å². The Morgan fingerprint density at radius 3 is 2.32 bits per heavy atom. The first-order valence-electron chi connectivity index (χ1n) is 7.77. The van der Waals surface area contributed by atoms with Crippen LogP contribution < -0.4 is 10.5 Å². The van der Waals surface area contributed by atoms with Gasteiger partial charge in [-0.25, -0.2) is 13.6 Å². The van der Waals surface area contributed by atoms with Crippen LogP contribution in [0.1, 0.15) is 24.1 Å². The monoisotopic (exact) mass is 370 g/mol. The minimum atomic E-state index is -3.68.